The maximum absolute atomic E-state index is 5.42. The van der Waals surface area contributed by atoms with Gasteiger partial charge in [0.05, 0.1) is 22.4 Å². The van der Waals surface area contributed by atoms with Crippen molar-refractivity contribution < 1.29 is 0 Å². The summed E-state index contributed by atoms with van der Waals surface area (Å²) in [5, 5.41) is 2.46. The third kappa shape index (κ3) is 5.30. The lowest BCUT2D eigenvalue weighted by molar-refractivity contribution is 0.671. The van der Waals surface area contributed by atoms with Crippen molar-refractivity contribution >= 4 is 27.9 Å². The maximum atomic E-state index is 5.42. The fraction of sp³-hybridized carbons (Fsp3) is 0.0652. The van der Waals surface area contributed by atoms with Crippen LogP contribution in [0.2, 0.25) is 0 Å². The monoisotopic (exact) mass is 627 g/mol. The minimum atomic E-state index is 0.183. The molecule has 2 heterocycles. The molecular weight excluding hydrogens is 595 g/mol. The Hall–Kier alpha value is -6.19. The van der Waals surface area contributed by atoms with Gasteiger partial charge in [-0.1, -0.05) is 140 Å². The Labute approximate surface area is 286 Å². The van der Waals surface area contributed by atoms with Crippen LogP contribution in [0.4, 0.5) is 0 Å². The second-order valence-electron chi connectivity index (χ2n) is 12.9. The number of pyridine rings is 1. The Morgan fingerprint density at radius 1 is 0.490 bits per heavy atom. The summed E-state index contributed by atoms with van der Waals surface area (Å²) in [6, 6.07) is 51.8. The van der Waals surface area contributed by atoms with Crippen LogP contribution >= 0.6 is 0 Å². The highest BCUT2D eigenvalue weighted by Crippen LogP contribution is 2.45. The van der Waals surface area contributed by atoms with Gasteiger partial charge in [-0.15, -0.1) is 0 Å². The first kappa shape index (κ1) is 29.0. The summed E-state index contributed by atoms with van der Waals surface area (Å²) in [6.45, 7) is 2.35. The molecule has 3 heteroatoms. The molecular formula is C46H33N3. The van der Waals surface area contributed by atoms with Crippen LogP contribution in [0.3, 0.4) is 0 Å². The zero-order valence-electron chi connectivity index (χ0n) is 27.2. The summed E-state index contributed by atoms with van der Waals surface area (Å²) in [5.74, 6) is 0.486. The van der Waals surface area contributed by atoms with Gasteiger partial charge in [-0.05, 0) is 79.9 Å². The summed E-state index contributed by atoms with van der Waals surface area (Å²) < 4.78 is 0. The van der Waals surface area contributed by atoms with Gasteiger partial charge in [0.15, 0.2) is 0 Å². The van der Waals surface area contributed by atoms with Crippen molar-refractivity contribution in [1.29, 1.82) is 0 Å². The molecule has 6 aromatic carbocycles. The molecule has 0 saturated carbocycles. The van der Waals surface area contributed by atoms with Crippen LogP contribution in [-0.4, -0.2) is 15.0 Å². The lowest BCUT2D eigenvalue weighted by atomic mass is 9.75. The second kappa shape index (κ2) is 12.1. The number of rotatable bonds is 5. The van der Waals surface area contributed by atoms with Gasteiger partial charge in [-0.2, -0.15) is 0 Å². The molecule has 2 aromatic heterocycles. The average Bonchev–Trinajstić information content (AvgIpc) is 3.18. The van der Waals surface area contributed by atoms with E-state index >= 15 is 0 Å². The van der Waals surface area contributed by atoms with Crippen LogP contribution in [-0.2, 0) is 0 Å². The largest absolute Gasteiger partial charge is 0.264 e. The SMILES string of the molecule is CC1c2ccccc2C=CC1c1cc2nc(-c3ccccc3)c(-c3ccc(-c4cccnc4)cc3)nc2cc1-c1ccc2ccccc2c1. The van der Waals surface area contributed by atoms with Gasteiger partial charge >= 0.3 is 0 Å². The van der Waals surface area contributed by atoms with Crippen LogP contribution in [0.15, 0.2) is 164 Å². The van der Waals surface area contributed by atoms with E-state index in [0.717, 1.165) is 44.7 Å². The number of benzene rings is 6. The quantitative estimate of drug-likeness (QED) is 0.191. The van der Waals surface area contributed by atoms with Gasteiger partial charge in [-0.25, -0.2) is 9.97 Å². The van der Waals surface area contributed by atoms with E-state index in [1.165, 1.54) is 38.6 Å². The standard InChI is InChI=1S/C46H33N3/c1-30-39-16-8-7-11-33(39)23-24-40(30)42-28-44-43(27-41(42)37-22-19-31-10-5-6-14-36(31)26-37)48-46(45(49-44)34-12-3-2-4-13-34)35-20-17-32(18-21-35)38-15-9-25-47-29-38/h2-30,40H,1H3. The minimum absolute atomic E-state index is 0.183. The number of hydrogen-bond donors (Lipinski definition) is 0. The van der Waals surface area contributed by atoms with E-state index in [0.29, 0.717) is 5.92 Å². The number of aromatic nitrogens is 3. The smallest absolute Gasteiger partial charge is 0.0973 e. The first-order chi connectivity index (χ1) is 24.2. The van der Waals surface area contributed by atoms with Crippen molar-refractivity contribution in [3.63, 3.8) is 0 Å². The molecule has 0 aliphatic heterocycles. The van der Waals surface area contributed by atoms with E-state index in [9.17, 15) is 0 Å². The van der Waals surface area contributed by atoms with Gasteiger partial charge in [0, 0.05) is 29.4 Å². The van der Waals surface area contributed by atoms with Crippen LogP contribution in [0.5, 0.6) is 0 Å². The van der Waals surface area contributed by atoms with Crippen molar-refractivity contribution in [2.45, 2.75) is 18.8 Å². The van der Waals surface area contributed by atoms with Crippen molar-refractivity contribution in [1.82, 2.24) is 15.0 Å². The topological polar surface area (TPSA) is 38.7 Å². The molecule has 8 aromatic rings. The second-order valence-corrected chi connectivity index (χ2v) is 12.9. The molecule has 0 saturated heterocycles. The molecule has 0 bridgehead atoms. The Morgan fingerprint density at radius 2 is 1.14 bits per heavy atom. The third-order valence-electron chi connectivity index (χ3n) is 9.96. The summed E-state index contributed by atoms with van der Waals surface area (Å²) in [7, 11) is 0. The number of hydrogen-bond acceptors (Lipinski definition) is 3. The zero-order chi connectivity index (χ0) is 32.7. The highest BCUT2D eigenvalue weighted by atomic mass is 14.8. The lowest BCUT2D eigenvalue weighted by Gasteiger charge is -2.29. The predicted molar refractivity (Wildman–Crippen MR) is 203 cm³/mol. The Kier molecular flexibility index (Phi) is 7.17. The summed E-state index contributed by atoms with van der Waals surface area (Å²) in [5.41, 5.74) is 14.1. The molecule has 0 radical (unpaired) electrons. The fourth-order valence-corrected chi connectivity index (χ4v) is 7.37. The van der Waals surface area contributed by atoms with E-state index in [-0.39, 0.29) is 5.92 Å². The molecule has 0 N–H and O–H groups in total. The number of allylic oxidation sites excluding steroid dienone is 1. The fourth-order valence-electron chi connectivity index (χ4n) is 7.37. The number of fused-ring (bicyclic) bond motifs is 3. The molecule has 232 valence electrons. The minimum Gasteiger partial charge on any atom is -0.264 e. The van der Waals surface area contributed by atoms with E-state index < -0.39 is 0 Å². The molecule has 0 fully saturated rings. The predicted octanol–water partition coefficient (Wildman–Crippen LogP) is 11.8. The molecule has 0 amide bonds. The lowest BCUT2D eigenvalue weighted by Crippen LogP contribution is -2.12. The first-order valence-electron chi connectivity index (χ1n) is 16.9. The van der Waals surface area contributed by atoms with Gasteiger partial charge < -0.3 is 0 Å². The first-order valence-corrected chi connectivity index (χ1v) is 16.9. The summed E-state index contributed by atoms with van der Waals surface area (Å²) in [6.07, 6.45) is 8.36. The summed E-state index contributed by atoms with van der Waals surface area (Å²) >= 11 is 0. The van der Waals surface area contributed by atoms with E-state index in [1.807, 2.05) is 18.3 Å². The molecule has 2 unspecified atom stereocenters. The van der Waals surface area contributed by atoms with Gasteiger partial charge in [0.25, 0.3) is 0 Å². The molecule has 1 aliphatic carbocycles. The van der Waals surface area contributed by atoms with Crippen LogP contribution in [0.1, 0.15) is 35.4 Å². The Balaban J connectivity index is 1.26. The maximum Gasteiger partial charge on any atom is 0.0973 e. The normalized spacial score (nSPS) is 15.4. The average molecular weight is 628 g/mol. The molecule has 1 aliphatic rings. The van der Waals surface area contributed by atoms with Crippen molar-refractivity contribution in [3.05, 3.63) is 181 Å². The molecule has 9 rings (SSSR count). The van der Waals surface area contributed by atoms with E-state index in [2.05, 4.69) is 158 Å². The van der Waals surface area contributed by atoms with E-state index in [4.69, 9.17) is 9.97 Å². The van der Waals surface area contributed by atoms with Crippen molar-refractivity contribution in [2.75, 3.05) is 0 Å². The highest BCUT2D eigenvalue weighted by Gasteiger charge is 2.27. The molecule has 2 atom stereocenters. The molecule has 3 nitrogen and oxygen atoms in total. The molecule has 0 spiro atoms. The zero-order valence-corrected chi connectivity index (χ0v) is 27.2. The van der Waals surface area contributed by atoms with Crippen molar-refractivity contribution in [2.24, 2.45) is 0 Å². The van der Waals surface area contributed by atoms with Gasteiger partial charge in [0.2, 0.25) is 0 Å². The van der Waals surface area contributed by atoms with Crippen LogP contribution in [0, 0.1) is 0 Å². The third-order valence-corrected chi connectivity index (χ3v) is 9.96. The Morgan fingerprint density at radius 3 is 1.94 bits per heavy atom. The van der Waals surface area contributed by atoms with Crippen LogP contribution < -0.4 is 0 Å². The highest BCUT2D eigenvalue weighted by molar-refractivity contribution is 5.93. The van der Waals surface area contributed by atoms with Gasteiger partial charge in [0.1, 0.15) is 0 Å². The van der Waals surface area contributed by atoms with E-state index in [1.54, 1.807) is 6.20 Å². The Bertz CT molecular complexity index is 2500. The summed E-state index contributed by atoms with van der Waals surface area (Å²) in [4.78, 5) is 15.1. The number of nitrogens with zero attached hydrogens (tertiary/aromatic N) is 3. The van der Waals surface area contributed by atoms with Crippen molar-refractivity contribution in [3.8, 4) is 44.8 Å². The molecule has 49 heavy (non-hydrogen) atoms. The van der Waals surface area contributed by atoms with Gasteiger partial charge in [-0.3, -0.25) is 4.98 Å². The van der Waals surface area contributed by atoms with Crippen LogP contribution in [0.25, 0.3) is 72.7 Å².